The van der Waals surface area contributed by atoms with Crippen molar-refractivity contribution in [3.8, 4) is 0 Å². The Kier molecular flexibility index (Phi) is 4.10. The molecule has 1 N–H and O–H groups in total. The van der Waals surface area contributed by atoms with Crippen molar-refractivity contribution in [2.24, 2.45) is 0 Å². The molecule has 0 aromatic heterocycles. The van der Waals surface area contributed by atoms with Crippen LogP contribution in [0.2, 0.25) is 0 Å². The summed E-state index contributed by atoms with van der Waals surface area (Å²) in [6.45, 7) is 6.27. The van der Waals surface area contributed by atoms with Crippen LogP contribution in [0.3, 0.4) is 0 Å². The molecule has 2 nitrogen and oxygen atoms in total. The van der Waals surface area contributed by atoms with E-state index in [1.54, 1.807) is 0 Å². The third-order valence-electron chi connectivity index (χ3n) is 2.19. The first-order valence-electron chi connectivity index (χ1n) is 5.08. The minimum Gasteiger partial charge on any atom is -0.353 e. The number of rotatable bonds is 3. The molecule has 0 fully saturated rings. The van der Waals surface area contributed by atoms with Crippen LogP contribution in [0.5, 0.6) is 0 Å². The topological polar surface area (TPSA) is 29.1 Å². The second kappa shape index (κ2) is 5.35. The van der Waals surface area contributed by atoms with Gasteiger partial charge < -0.3 is 5.32 Å². The molecular formula is C13H17NO. The zero-order valence-corrected chi connectivity index (χ0v) is 9.50. The lowest BCUT2D eigenvalue weighted by Crippen LogP contribution is -2.19. The lowest BCUT2D eigenvalue weighted by molar-refractivity contribution is -0.118. The van der Waals surface area contributed by atoms with Crippen LogP contribution in [0.1, 0.15) is 23.6 Å². The van der Waals surface area contributed by atoms with Crippen molar-refractivity contribution in [3.05, 3.63) is 41.0 Å². The Morgan fingerprint density at radius 3 is 2.73 bits per heavy atom. The number of benzene rings is 1. The van der Waals surface area contributed by atoms with E-state index in [2.05, 4.69) is 37.4 Å². The van der Waals surface area contributed by atoms with Crippen LogP contribution in [-0.4, -0.2) is 12.5 Å². The van der Waals surface area contributed by atoms with Gasteiger partial charge in [-0.3, -0.25) is 4.79 Å². The van der Waals surface area contributed by atoms with Crippen LogP contribution in [-0.2, 0) is 4.79 Å². The summed E-state index contributed by atoms with van der Waals surface area (Å²) in [6, 6.07) is 6.33. The Morgan fingerprint density at radius 1 is 1.40 bits per heavy atom. The van der Waals surface area contributed by atoms with E-state index in [4.69, 9.17) is 0 Å². The van der Waals surface area contributed by atoms with E-state index in [0.29, 0.717) is 6.54 Å². The summed E-state index contributed by atoms with van der Waals surface area (Å²) in [4.78, 5) is 10.6. The minimum atomic E-state index is 0.000257. The maximum Gasteiger partial charge on any atom is 0.217 e. The maximum absolute atomic E-state index is 10.6. The molecular weight excluding hydrogens is 186 g/mol. The molecule has 1 rings (SSSR count). The molecule has 80 valence electrons. The van der Waals surface area contributed by atoms with E-state index in [1.165, 1.54) is 23.6 Å². The number of hydrogen-bond donors (Lipinski definition) is 1. The van der Waals surface area contributed by atoms with Crippen molar-refractivity contribution in [2.75, 3.05) is 6.54 Å². The monoisotopic (exact) mass is 203 g/mol. The number of carbonyl (C=O) groups excluding carboxylic acids is 1. The SMILES string of the molecule is CC(=O)NCC=Cc1ccc(C)cc1C. The van der Waals surface area contributed by atoms with Gasteiger partial charge in [-0.2, -0.15) is 0 Å². The summed E-state index contributed by atoms with van der Waals surface area (Å²) >= 11 is 0. The second-order valence-corrected chi connectivity index (χ2v) is 3.70. The molecule has 2 heteroatoms. The van der Waals surface area contributed by atoms with E-state index in [-0.39, 0.29) is 5.91 Å². The summed E-state index contributed by atoms with van der Waals surface area (Å²) < 4.78 is 0. The van der Waals surface area contributed by atoms with Gasteiger partial charge in [-0.25, -0.2) is 0 Å². The highest BCUT2D eigenvalue weighted by Crippen LogP contribution is 2.11. The molecule has 0 atom stereocenters. The Balaban J connectivity index is 2.60. The zero-order valence-electron chi connectivity index (χ0n) is 9.50. The average Bonchev–Trinajstić information content (AvgIpc) is 2.14. The molecule has 1 aromatic carbocycles. The number of nitrogens with one attached hydrogen (secondary N) is 1. The second-order valence-electron chi connectivity index (χ2n) is 3.70. The van der Waals surface area contributed by atoms with Crippen molar-refractivity contribution < 1.29 is 4.79 Å². The molecule has 0 saturated heterocycles. The molecule has 0 aliphatic rings. The smallest absolute Gasteiger partial charge is 0.217 e. The van der Waals surface area contributed by atoms with Crippen LogP contribution in [0, 0.1) is 13.8 Å². The van der Waals surface area contributed by atoms with Gasteiger partial charge in [0.2, 0.25) is 5.91 Å². The molecule has 0 saturated carbocycles. The van der Waals surface area contributed by atoms with Crippen molar-refractivity contribution >= 4 is 12.0 Å². The lowest BCUT2D eigenvalue weighted by atomic mass is 10.1. The van der Waals surface area contributed by atoms with Crippen molar-refractivity contribution in [1.82, 2.24) is 5.32 Å². The van der Waals surface area contributed by atoms with Crippen LogP contribution in [0.15, 0.2) is 24.3 Å². The fourth-order valence-corrected chi connectivity index (χ4v) is 1.40. The Hall–Kier alpha value is -1.57. The Labute approximate surface area is 91.0 Å². The standard InChI is InChI=1S/C13H17NO/c1-10-6-7-13(11(2)9-10)5-4-8-14-12(3)15/h4-7,9H,8H2,1-3H3,(H,14,15). The normalized spacial score (nSPS) is 10.6. The summed E-state index contributed by atoms with van der Waals surface area (Å²) in [5.41, 5.74) is 3.73. The minimum absolute atomic E-state index is 0.000257. The van der Waals surface area contributed by atoms with E-state index in [9.17, 15) is 4.79 Å². The fraction of sp³-hybridized carbons (Fsp3) is 0.308. The number of hydrogen-bond acceptors (Lipinski definition) is 1. The molecule has 0 radical (unpaired) electrons. The van der Waals surface area contributed by atoms with Crippen LogP contribution >= 0.6 is 0 Å². The highest BCUT2D eigenvalue weighted by Gasteiger charge is 1.93. The van der Waals surface area contributed by atoms with Crippen LogP contribution in [0.4, 0.5) is 0 Å². The zero-order chi connectivity index (χ0) is 11.3. The molecule has 0 aliphatic carbocycles. The van der Waals surface area contributed by atoms with E-state index in [0.717, 1.165) is 0 Å². The van der Waals surface area contributed by atoms with Gasteiger partial charge in [-0.15, -0.1) is 0 Å². The maximum atomic E-state index is 10.6. The quantitative estimate of drug-likeness (QED) is 0.803. The van der Waals surface area contributed by atoms with E-state index < -0.39 is 0 Å². The predicted molar refractivity (Wildman–Crippen MR) is 63.6 cm³/mol. The van der Waals surface area contributed by atoms with Crippen molar-refractivity contribution in [3.63, 3.8) is 0 Å². The van der Waals surface area contributed by atoms with Gasteiger partial charge in [0, 0.05) is 13.5 Å². The highest BCUT2D eigenvalue weighted by molar-refractivity contribution is 5.73. The molecule has 0 spiro atoms. The third kappa shape index (κ3) is 3.98. The predicted octanol–water partition coefficient (Wildman–Crippen LogP) is 2.45. The first kappa shape index (κ1) is 11.5. The summed E-state index contributed by atoms with van der Waals surface area (Å²) in [7, 11) is 0. The van der Waals surface area contributed by atoms with Gasteiger partial charge in [-0.05, 0) is 25.0 Å². The van der Waals surface area contributed by atoms with Crippen LogP contribution < -0.4 is 5.32 Å². The first-order valence-corrected chi connectivity index (χ1v) is 5.08. The van der Waals surface area contributed by atoms with Gasteiger partial charge in [0.05, 0.1) is 0 Å². The molecule has 1 amide bonds. The third-order valence-corrected chi connectivity index (χ3v) is 2.19. The first-order chi connectivity index (χ1) is 7.09. The number of amides is 1. The van der Waals surface area contributed by atoms with Crippen LogP contribution in [0.25, 0.3) is 6.08 Å². The van der Waals surface area contributed by atoms with E-state index >= 15 is 0 Å². The van der Waals surface area contributed by atoms with Crippen molar-refractivity contribution in [2.45, 2.75) is 20.8 Å². The largest absolute Gasteiger partial charge is 0.353 e. The van der Waals surface area contributed by atoms with Gasteiger partial charge in [0.25, 0.3) is 0 Å². The van der Waals surface area contributed by atoms with E-state index in [1.807, 2.05) is 12.2 Å². The van der Waals surface area contributed by atoms with Gasteiger partial charge in [0.1, 0.15) is 0 Å². The number of aryl methyl sites for hydroxylation is 2. The molecule has 1 aromatic rings. The Bertz CT molecular complexity index is 380. The van der Waals surface area contributed by atoms with Gasteiger partial charge in [-0.1, -0.05) is 35.9 Å². The fourth-order valence-electron chi connectivity index (χ4n) is 1.40. The Morgan fingerprint density at radius 2 is 2.13 bits per heavy atom. The molecule has 15 heavy (non-hydrogen) atoms. The summed E-state index contributed by atoms with van der Waals surface area (Å²) in [6.07, 6.45) is 3.99. The number of carbonyl (C=O) groups is 1. The highest BCUT2D eigenvalue weighted by atomic mass is 16.1. The summed E-state index contributed by atoms with van der Waals surface area (Å²) in [5, 5.41) is 2.72. The van der Waals surface area contributed by atoms with Gasteiger partial charge >= 0.3 is 0 Å². The molecule has 0 unspecified atom stereocenters. The molecule has 0 heterocycles. The summed E-state index contributed by atoms with van der Waals surface area (Å²) in [5.74, 6) is 0.000257. The van der Waals surface area contributed by atoms with Crippen molar-refractivity contribution in [1.29, 1.82) is 0 Å². The molecule has 0 aliphatic heterocycles. The molecule has 0 bridgehead atoms. The van der Waals surface area contributed by atoms with Gasteiger partial charge in [0.15, 0.2) is 0 Å². The average molecular weight is 203 g/mol. The lowest BCUT2D eigenvalue weighted by Gasteiger charge is -2.01.